The highest BCUT2D eigenvalue weighted by molar-refractivity contribution is 5.86. The van der Waals surface area contributed by atoms with Crippen molar-refractivity contribution in [3.8, 4) is 0 Å². The van der Waals surface area contributed by atoms with Crippen LogP contribution in [0.15, 0.2) is 0 Å². The van der Waals surface area contributed by atoms with Crippen molar-refractivity contribution in [1.29, 1.82) is 0 Å². The van der Waals surface area contributed by atoms with E-state index in [0.29, 0.717) is 6.54 Å². The van der Waals surface area contributed by atoms with Crippen molar-refractivity contribution in [2.45, 2.75) is 34.1 Å². The van der Waals surface area contributed by atoms with Gasteiger partial charge in [-0.2, -0.15) is 0 Å². The third-order valence-corrected chi connectivity index (χ3v) is 2.39. The Morgan fingerprint density at radius 1 is 1.50 bits per heavy atom. The summed E-state index contributed by atoms with van der Waals surface area (Å²) in [6, 6.07) is 0. The van der Waals surface area contributed by atoms with E-state index in [1.165, 1.54) is 5.01 Å². The van der Waals surface area contributed by atoms with Crippen molar-refractivity contribution in [1.82, 2.24) is 10.4 Å². The third-order valence-electron chi connectivity index (χ3n) is 2.39. The fourth-order valence-corrected chi connectivity index (χ4v) is 1.22. The van der Waals surface area contributed by atoms with Crippen LogP contribution in [0.3, 0.4) is 0 Å². The zero-order valence-electron chi connectivity index (χ0n) is 9.26. The highest BCUT2D eigenvalue weighted by Gasteiger charge is 2.31. The fourth-order valence-electron chi connectivity index (χ4n) is 1.22. The van der Waals surface area contributed by atoms with Gasteiger partial charge in [0, 0.05) is 17.9 Å². The standard InChI is InChI=1S/C10H18N2O2/c1-7-5-6-12(8(7)13)11-9(14)10(2,3)4/h7H,5-6H2,1-4H3,(H,11,14)/t7-/m0/s1. The summed E-state index contributed by atoms with van der Waals surface area (Å²) in [5, 5.41) is 1.43. The summed E-state index contributed by atoms with van der Waals surface area (Å²) in [5.74, 6) is -0.0576. The quantitative estimate of drug-likeness (QED) is 0.681. The molecule has 1 fully saturated rings. The van der Waals surface area contributed by atoms with Crippen LogP contribution < -0.4 is 5.43 Å². The van der Waals surface area contributed by atoms with Crippen LogP contribution in [-0.4, -0.2) is 23.4 Å². The lowest BCUT2D eigenvalue weighted by Gasteiger charge is -2.23. The van der Waals surface area contributed by atoms with Gasteiger partial charge in [-0.15, -0.1) is 0 Å². The molecule has 1 N–H and O–H groups in total. The van der Waals surface area contributed by atoms with E-state index in [1.807, 2.05) is 27.7 Å². The fraction of sp³-hybridized carbons (Fsp3) is 0.800. The zero-order valence-corrected chi connectivity index (χ0v) is 9.26. The van der Waals surface area contributed by atoms with E-state index in [-0.39, 0.29) is 17.7 Å². The topological polar surface area (TPSA) is 49.4 Å². The first kappa shape index (κ1) is 11.0. The first-order chi connectivity index (χ1) is 6.32. The van der Waals surface area contributed by atoms with E-state index in [1.54, 1.807) is 0 Å². The van der Waals surface area contributed by atoms with Gasteiger partial charge in [-0.05, 0) is 6.42 Å². The molecule has 14 heavy (non-hydrogen) atoms. The first-order valence-electron chi connectivity index (χ1n) is 4.95. The molecule has 2 amide bonds. The maximum Gasteiger partial charge on any atom is 0.243 e. The van der Waals surface area contributed by atoms with Crippen molar-refractivity contribution >= 4 is 11.8 Å². The van der Waals surface area contributed by atoms with Gasteiger partial charge < -0.3 is 0 Å². The Morgan fingerprint density at radius 3 is 2.43 bits per heavy atom. The van der Waals surface area contributed by atoms with Gasteiger partial charge in [-0.25, -0.2) is 0 Å². The molecule has 1 aliphatic rings. The summed E-state index contributed by atoms with van der Waals surface area (Å²) >= 11 is 0. The molecule has 1 atom stereocenters. The molecule has 4 nitrogen and oxygen atoms in total. The zero-order chi connectivity index (χ0) is 10.9. The van der Waals surface area contributed by atoms with Crippen LogP contribution in [-0.2, 0) is 9.59 Å². The predicted octanol–water partition coefficient (Wildman–Crippen LogP) is 0.932. The van der Waals surface area contributed by atoms with Crippen molar-refractivity contribution in [2.24, 2.45) is 11.3 Å². The molecule has 1 rings (SSSR count). The highest BCUT2D eigenvalue weighted by Crippen LogP contribution is 2.17. The molecule has 0 aliphatic carbocycles. The van der Waals surface area contributed by atoms with E-state index in [4.69, 9.17) is 0 Å². The number of hydrogen-bond acceptors (Lipinski definition) is 2. The number of nitrogens with one attached hydrogen (secondary N) is 1. The second-order valence-corrected chi connectivity index (χ2v) is 4.87. The van der Waals surface area contributed by atoms with Gasteiger partial charge in [-0.1, -0.05) is 27.7 Å². The first-order valence-corrected chi connectivity index (χ1v) is 4.95. The predicted molar refractivity (Wildman–Crippen MR) is 53.1 cm³/mol. The lowest BCUT2D eigenvalue weighted by atomic mass is 9.96. The van der Waals surface area contributed by atoms with Crippen molar-refractivity contribution in [3.05, 3.63) is 0 Å². The van der Waals surface area contributed by atoms with E-state index < -0.39 is 5.41 Å². The number of nitrogens with zero attached hydrogens (tertiary/aromatic N) is 1. The molecule has 0 aromatic rings. The molecule has 1 saturated heterocycles. The Balaban J connectivity index is 2.54. The Hall–Kier alpha value is -1.06. The molecule has 4 heteroatoms. The molecule has 0 aromatic carbocycles. The van der Waals surface area contributed by atoms with Crippen molar-refractivity contribution in [3.63, 3.8) is 0 Å². The number of amides is 2. The minimum Gasteiger partial charge on any atom is -0.273 e. The normalized spacial score (nSPS) is 22.7. The Bertz CT molecular complexity index is 255. The molecular formula is C10H18N2O2. The Labute approximate surface area is 84.6 Å². The summed E-state index contributed by atoms with van der Waals surface area (Å²) in [6.07, 6.45) is 0.823. The maximum absolute atomic E-state index is 11.6. The number of hydrogen-bond donors (Lipinski definition) is 1. The third kappa shape index (κ3) is 2.25. The van der Waals surface area contributed by atoms with Crippen LogP contribution in [0.4, 0.5) is 0 Å². The Morgan fingerprint density at radius 2 is 2.07 bits per heavy atom. The Kier molecular flexibility index (Phi) is 2.83. The largest absolute Gasteiger partial charge is 0.273 e. The van der Waals surface area contributed by atoms with Crippen molar-refractivity contribution in [2.75, 3.05) is 6.54 Å². The molecule has 1 heterocycles. The summed E-state index contributed by atoms with van der Waals surface area (Å²) in [6.45, 7) is 7.98. The van der Waals surface area contributed by atoms with Crippen LogP contribution in [0.25, 0.3) is 0 Å². The van der Waals surface area contributed by atoms with Crippen LogP contribution in [0, 0.1) is 11.3 Å². The number of rotatable bonds is 1. The molecule has 0 bridgehead atoms. The molecule has 1 aliphatic heterocycles. The summed E-state index contributed by atoms with van der Waals surface area (Å²) in [7, 11) is 0. The molecule has 0 spiro atoms. The highest BCUT2D eigenvalue weighted by atomic mass is 16.2. The van der Waals surface area contributed by atoms with E-state index >= 15 is 0 Å². The number of carbonyl (C=O) groups is 2. The van der Waals surface area contributed by atoms with Gasteiger partial charge in [0.05, 0.1) is 0 Å². The van der Waals surface area contributed by atoms with Crippen LogP contribution in [0.5, 0.6) is 0 Å². The smallest absolute Gasteiger partial charge is 0.243 e. The number of carbonyl (C=O) groups excluding carboxylic acids is 2. The minimum atomic E-state index is -0.452. The second-order valence-electron chi connectivity index (χ2n) is 4.87. The van der Waals surface area contributed by atoms with E-state index in [0.717, 1.165) is 6.42 Å². The SMILES string of the molecule is C[C@H]1CCN(NC(=O)C(C)(C)C)C1=O. The van der Waals surface area contributed by atoms with Gasteiger partial charge in [0.15, 0.2) is 0 Å². The molecular weight excluding hydrogens is 180 g/mol. The maximum atomic E-state index is 11.6. The van der Waals surface area contributed by atoms with Gasteiger partial charge in [0.2, 0.25) is 11.8 Å². The molecule has 0 unspecified atom stereocenters. The van der Waals surface area contributed by atoms with Crippen molar-refractivity contribution < 1.29 is 9.59 Å². The minimum absolute atomic E-state index is 0.0163. The monoisotopic (exact) mass is 198 g/mol. The lowest BCUT2D eigenvalue weighted by molar-refractivity contribution is -0.143. The lowest BCUT2D eigenvalue weighted by Crippen LogP contribution is -2.48. The molecule has 0 radical (unpaired) electrons. The van der Waals surface area contributed by atoms with Gasteiger partial charge in [0.25, 0.3) is 0 Å². The van der Waals surface area contributed by atoms with Gasteiger partial charge in [-0.3, -0.25) is 20.0 Å². The molecule has 0 aromatic heterocycles. The van der Waals surface area contributed by atoms with Crippen LogP contribution >= 0.6 is 0 Å². The second kappa shape index (κ2) is 3.59. The summed E-state index contributed by atoms with van der Waals surface area (Å²) in [4.78, 5) is 23.0. The van der Waals surface area contributed by atoms with Crippen LogP contribution in [0.1, 0.15) is 34.1 Å². The average Bonchev–Trinajstić information content (AvgIpc) is 2.34. The van der Waals surface area contributed by atoms with E-state index in [9.17, 15) is 9.59 Å². The summed E-state index contributed by atoms with van der Waals surface area (Å²) in [5.41, 5.74) is 2.19. The molecule has 80 valence electrons. The molecule has 0 saturated carbocycles. The van der Waals surface area contributed by atoms with Crippen LogP contribution in [0.2, 0.25) is 0 Å². The number of hydrazine groups is 1. The van der Waals surface area contributed by atoms with E-state index in [2.05, 4.69) is 5.43 Å². The average molecular weight is 198 g/mol. The van der Waals surface area contributed by atoms with Gasteiger partial charge in [0.1, 0.15) is 0 Å². The summed E-state index contributed by atoms with van der Waals surface area (Å²) < 4.78 is 0. The van der Waals surface area contributed by atoms with Gasteiger partial charge >= 0.3 is 0 Å².